The van der Waals surface area contributed by atoms with Crippen LogP contribution in [-0.2, 0) is 14.1 Å². The molecule has 2 heterocycles. The van der Waals surface area contributed by atoms with Gasteiger partial charge in [-0.1, -0.05) is 12.1 Å². The summed E-state index contributed by atoms with van der Waals surface area (Å²) in [6.07, 6.45) is 1.44. The standard InChI is InChI=1S/C14H13FN4O2/c1-18-12-10(13(20)19(2)14(18)21)11(16-7-17-12)8-3-5-9(15)6-4-8/h3-7,11H,1-2H3,(H,16,17). The third-order valence-corrected chi connectivity index (χ3v) is 3.58. The van der Waals surface area contributed by atoms with Crippen LogP contribution >= 0.6 is 0 Å². The van der Waals surface area contributed by atoms with Crippen LogP contribution in [0.15, 0.2) is 38.8 Å². The van der Waals surface area contributed by atoms with E-state index in [9.17, 15) is 14.0 Å². The Kier molecular flexibility index (Phi) is 2.97. The third kappa shape index (κ3) is 1.97. The molecule has 21 heavy (non-hydrogen) atoms. The molecule has 1 aliphatic heterocycles. The van der Waals surface area contributed by atoms with Crippen molar-refractivity contribution in [3.63, 3.8) is 0 Å². The Morgan fingerprint density at radius 2 is 1.81 bits per heavy atom. The second kappa shape index (κ2) is 4.69. The number of anilines is 1. The molecule has 0 fully saturated rings. The van der Waals surface area contributed by atoms with E-state index in [1.807, 2.05) is 0 Å². The maximum atomic E-state index is 13.0. The average Bonchev–Trinajstić information content (AvgIpc) is 2.51. The van der Waals surface area contributed by atoms with Gasteiger partial charge in [-0.2, -0.15) is 0 Å². The fourth-order valence-corrected chi connectivity index (χ4v) is 2.44. The van der Waals surface area contributed by atoms with Crippen molar-refractivity contribution in [1.82, 2.24) is 9.13 Å². The Bertz CT molecular complexity index is 849. The zero-order chi connectivity index (χ0) is 15.1. The number of hydrogen-bond acceptors (Lipinski definition) is 4. The molecule has 1 aromatic heterocycles. The molecule has 0 radical (unpaired) electrons. The van der Waals surface area contributed by atoms with Gasteiger partial charge in [-0.3, -0.25) is 18.9 Å². The van der Waals surface area contributed by atoms with Crippen LogP contribution in [0.3, 0.4) is 0 Å². The van der Waals surface area contributed by atoms with Crippen molar-refractivity contribution >= 4 is 12.2 Å². The van der Waals surface area contributed by atoms with Crippen molar-refractivity contribution in [2.45, 2.75) is 6.04 Å². The van der Waals surface area contributed by atoms with Crippen molar-refractivity contribution in [1.29, 1.82) is 0 Å². The van der Waals surface area contributed by atoms with Crippen LogP contribution in [0, 0.1) is 5.82 Å². The van der Waals surface area contributed by atoms with Gasteiger partial charge in [0, 0.05) is 14.1 Å². The van der Waals surface area contributed by atoms with E-state index in [2.05, 4.69) is 10.3 Å². The summed E-state index contributed by atoms with van der Waals surface area (Å²) in [5.41, 5.74) is 0.228. The molecule has 1 aromatic carbocycles. The van der Waals surface area contributed by atoms with Gasteiger partial charge in [-0.05, 0) is 17.7 Å². The molecule has 0 saturated heterocycles. The van der Waals surface area contributed by atoms with Crippen molar-refractivity contribution in [3.8, 4) is 0 Å². The smallest absolute Gasteiger partial charge is 0.332 e. The number of halogens is 1. The number of rotatable bonds is 1. The molecule has 0 bridgehead atoms. The summed E-state index contributed by atoms with van der Waals surface area (Å²) in [4.78, 5) is 28.6. The highest BCUT2D eigenvalue weighted by Crippen LogP contribution is 2.30. The highest BCUT2D eigenvalue weighted by molar-refractivity contribution is 5.79. The average molecular weight is 288 g/mol. The van der Waals surface area contributed by atoms with Crippen LogP contribution in [-0.4, -0.2) is 15.5 Å². The highest BCUT2D eigenvalue weighted by Gasteiger charge is 2.26. The Morgan fingerprint density at radius 3 is 2.48 bits per heavy atom. The van der Waals surface area contributed by atoms with Crippen LogP contribution in [0.4, 0.5) is 10.2 Å². The Hall–Kier alpha value is -2.70. The van der Waals surface area contributed by atoms with Gasteiger partial charge in [0.1, 0.15) is 17.7 Å². The topological polar surface area (TPSA) is 68.4 Å². The minimum Gasteiger partial charge on any atom is -0.332 e. The van der Waals surface area contributed by atoms with Gasteiger partial charge >= 0.3 is 5.69 Å². The summed E-state index contributed by atoms with van der Waals surface area (Å²) in [6, 6.07) is 5.23. The van der Waals surface area contributed by atoms with Gasteiger partial charge in [0.05, 0.1) is 11.9 Å². The molecule has 2 aromatic rings. The van der Waals surface area contributed by atoms with Gasteiger partial charge in [-0.15, -0.1) is 0 Å². The quantitative estimate of drug-likeness (QED) is 0.842. The zero-order valence-electron chi connectivity index (χ0n) is 11.5. The van der Waals surface area contributed by atoms with Crippen molar-refractivity contribution in [3.05, 3.63) is 62.0 Å². The first kappa shape index (κ1) is 13.3. The normalized spacial score (nSPS) is 16.4. The van der Waals surface area contributed by atoms with Gasteiger partial charge in [0.2, 0.25) is 0 Å². The van der Waals surface area contributed by atoms with E-state index < -0.39 is 17.3 Å². The summed E-state index contributed by atoms with van der Waals surface area (Å²) in [6.45, 7) is 0. The van der Waals surface area contributed by atoms with E-state index in [-0.39, 0.29) is 5.82 Å². The summed E-state index contributed by atoms with van der Waals surface area (Å²) >= 11 is 0. The molecule has 0 spiro atoms. The largest absolute Gasteiger partial charge is 0.332 e. The Labute approximate surface area is 119 Å². The lowest BCUT2D eigenvalue weighted by Crippen LogP contribution is -2.42. The maximum absolute atomic E-state index is 13.0. The summed E-state index contributed by atoms with van der Waals surface area (Å²) in [7, 11) is 3.00. The van der Waals surface area contributed by atoms with Gasteiger partial charge < -0.3 is 5.32 Å². The first-order valence-electron chi connectivity index (χ1n) is 6.34. The van der Waals surface area contributed by atoms with Crippen LogP contribution in [0.25, 0.3) is 0 Å². The minimum atomic E-state index is -0.563. The molecule has 3 rings (SSSR count). The predicted molar refractivity (Wildman–Crippen MR) is 77.3 cm³/mol. The number of nitrogens with one attached hydrogen (secondary N) is 1. The monoisotopic (exact) mass is 288 g/mol. The first-order valence-corrected chi connectivity index (χ1v) is 6.34. The predicted octanol–water partition coefficient (Wildman–Crippen LogP) is 0.766. The van der Waals surface area contributed by atoms with E-state index in [1.165, 1.54) is 30.1 Å². The lowest BCUT2D eigenvalue weighted by Gasteiger charge is -2.23. The molecule has 0 saturated carbocycles. The zero-order valence-corrected chi connectivity index (χ0v) is 11.5. The van der Waals surface area contributed by atoms with Gasteiger partial charge in [0.25, 0.3) is 5.56 Å². The van der Waals surface area contributed by atoms with Crippen molar-refractivity contribution in [2.75, 3.05) is 5.32 Å². The van der Waals surface area contributed by atoms with Crippen LogP contribution in [0.2, 0.25) is 0 Å². The van der Waals surface area contributed by atoms with E-state index in [0.29, 0.717) is 16.9 Å². The second-order valence-electron chi connectivity index (χ2n) is 4.84. The van der Waals surface area contributed by atoms with E-state index >= 15 is 0 Å². The molecule has 0 aliphatic carbocycles. The molecule has 7 heteroatoms. The maximum Gasteiger partial charge on any atom is 0.332 e. The summed E-state index contributed by atoms with van der Waals surface area (Å²) in [5.74, 6) is 0.0534. The molecule has 1 aliphatic rings. The number of aliphatic imine (C=N–C) groups is 1. The molecule has 0 amide bonds. The molecule has 1 atom stereocenters. The minimum absolute atomic E-state index is 0.356. The number of aromatic nitrogens is 2. The number of nitrogens with zero attached hydrogens (tertiary/aromatic N) is 3. The Morgan fingerprint density at radius 1 is 1.14 bits per heavy atom. The fraction of sp³-hybridized carbons (Fsp3) is 0.214. The summed E-state index contributed by atoms with van der Waals surface area (Å²) in [5, 5.41) is 2.83. The van der Waals surface area contributed by atoms with E-state index in [4.69, 9.17) is 0 Å². The molecule has 1 N–H and O–H groups in total. The van der Waals surface area contributed by atoms with E-state index in [0.717, 1.165) is 4.57 Å². The van der Waals surface area contributed by atoms with E-state index in [1.54, 1.807) is 19.2 Å². The second-order valence-corrected chi connectivity index (χ2v) is 4.84. The number of benzene rings is 1. The van der Waals surface area contributed by atoms with Crippen molar-refractivity contribution in [2.24, 2.45) is 19.1 Å². The first-order chi connectivity index (χ1) is 10.0. The Balaban J connectivity index is 2.28. The third-order valence-electron chi connectivity index (χ3n) is 3.58. The van der Waals surface area contributed by atoms with Crippen LogP contribution < -0.4 is 16.6 Å². The summed E-state index contributed by atoms with van der Waals surface area (Å²) < 4.78 is 15.4. The van der Waals surface area contributed by atoms with Crippen molar-refractivity contribution < 1.29 is 4.39 Å². The molecule has 6 nitrogen and oxygen atoms in total. The highest BCUT2D eigenvalue weighted by atomic mass is 19.1. The molecule has 108 valence electrons. The molecular formula is C14H13FN4O2. The SMILES string of the molecule is Cn1c2c(c(=O)n(C)c1=O)C(c1ccc(F)cc1)N=CN2. The van der Waals surface area contributed by atoms with Crippen LogP contribution in [0.1, 0.15) is 17.2 Å². The number of fused-ring (bicyclic) bond motifs is 1. The molecule has 1 unspecified atom stereocenters. The number of hydrogen-bond donors (Lipinski definition) is 1. The van der Waals surface area contributed by atoms with Gasteiger partial charge in [0.15, 0.2) is 0 Å². The molecular weight excluding hydrogens is 275 g/mol. The lowest BCUT2D eigenvalue weighted by atomic mass is 9.99. The van der Waals surface area contributed by atoms with Crippen LogP contribution in [0.5, 0.6) is 0 Å². The van der Waals surface area contributed by atoms with Gasteiger partial charge in [-0.25, -0.2) is 9.18 Å². The lowest BCUT2D eigenvalue weighted by molar-refractivity contribution is 0.625. The fourth-order valence-electron chi connectivity index (χ4n) is 2.44.